The van der Waals surface area contributed by atoms with Crippen LogP contribution in [0.4, 0.5) is 30.5 Å². The number of nitrogens with zero attached hydrogens (tertiary/aromatic N) is 3. The molecule has 0 amide bonds. The smallest absolute Gasteiger partial charge is 0.273 e. The molecule has 1 saturated heterocycles. The first kappa shape index (κ1) is 20.1. The average Bonchev–Trinajstić information content (AvgIpc) is 3.53. The number of hydrogen-bond donors (Lipinski definition) is 3. The molecule has 3 aromatic rings. The van der Waals surface area contributed by atoms with Gasteiger partial charge in [-0.1, -0.05) is 12.1 Å². The van der Waals surface area contributed by atoms with Crippen molar-refractivity contribution in [1.82, 2.24) is 19.9 Å². The van der Waals surface area contributed by atoms with Crippen molar-refractivity contribution in [2.75, 3.05) is 23.7 Å². The Bertz CT molecular complexity index is 1060. The molecule has 0 spiro atoms. The summed E-state index contributed by atoms with van der Waals surface area (Å²) < 4.78 is 41.2. The summed E-state index contributed by atoms with van der Waals surface area (Å²) in [7, 11) is 0. The van der Waals surface area contributed by atoms with E-state index < -0.39 is 12.6 Å². The molecule has 6 nitrogen and oxygen atoms in total. The lowest BCUT2D eigenvalue weighted by Gasteiger charge is -2.24. The van der Waals surface area contributed by atoms with Crippen LogP contribution >= 0.6 is 0 Å². The first-order valence-corrected chi connectivity index (χ1v) is 10.7. The highest BCUT2D eigenvalue weighted by atomic mass is 19.3. The van der Waals surface area contributed by atoms with Gasteiger partial charge >= 0.3 is 0 Å². The number of halogens is 3. The molecule has 1 aliphatic carbocycles. The van der Waals surface area contributed by atoms with E-state index in [1.54, 1.807) is 16.6 Å². The van der Waals surface area contributed by atoms with Gasteiger partial charge in [0.25, 0.3) is 6.43 Å². The minimum absolute atomic E-state index is 0.0592. The lowest BCUT2D eigenvalue weighted by molar-refractivity contribution is 0.0496. The number of aromatic nitrogens is 3. The summed E-state index contributed by atoms with van der Waals surface area (Å²) in [5.74, 6) is 1.86. The van der Waals surface area contributed by atoms with Gasteiger partial charge in [-0.3, -0.25) is 0 Å². The van der Waals surface area contributed by atoms with Gasteiger partial charge in [-0.2, -0.15) is 9.61 Å². The third kappa shape index (κ3) is 4.32. The van der Waals surface area contributed by atoms with Gasteiger partial charge in [0.1, 0.15) is 11.6 Å². The van der Waals surface area contributed by atoms with E-state index in [1.165, 1.54) is 12.1 Å². The molecule has 9 heteroatoms. The molecule has 0 radical (unpaired) electrons. The maximum Gasteiger partial charge on any atom is 0.273 e. The Labute approximate surface area is 178 Å². The minimum atomic E-state index is -3.06. The fraction of sp³-hybridized carbons (Fsp3) is 0.455. The predicted octanol–water partition coefficient (Wildman–Crippen LogP) is 4.79. The van der Waals surface area contributed by atoms with Crippen LogP contribution in [0.15, 0.2) is 36.5 Å². The Kier molecular flexibility index (Phi) is 5.43. The molecule has 1 aliphatic heterocycles. The van der Waals surface area contributed by atoms with E-state index in [-0.39, 0.29) is 11.6 Å². The number of rotatable bonds is 7. The Balaban J connectivity index is 1.49. The average molecular weight is 430 g/mol. The van der Waals surface area contributed by atoms with Crippen LogP contribution in [0.2, 0.25) is 0 Å². The summed E-state index contributed by atoms with van der Waals surface area (Å²) >= 11 is 0. The molecular formula is C22H25F3N6. The zero-order valence-corrected chi connectivity index (χ0v) is 17.0. The molecule has 31 heavy (non-hydrogen) atoms. The van der Waals surface area contributed by atoms with E-state index in [1.807, 2.05) is 12.3 Å². The predicted molar refractivity (Wildman–Crippen MR) is 114 cm³/mol. The number of fused-ring (bicyclic) bond motifs is 1. The largest absolute Gasteiger partial charge is 0.366 e. The molecule has 3 heterocycles. The normalized spacial score (nSPS) is 20.2. The van der Waals surface area contributed by atoms with E-state index in [0.717, 1.165) is 55.8 Å². The maximum absolute atomic E-state index is 13.8. The molecule has 2 aromatic heterocycles. The van der Waals surface area contributed by atoms with Crippen LogP contribution in [0.25, 0.3) is 5.65 Å². The van der Waals surface area contributed by atoms with Crippen LogP contribution in [0.3, 0.4) is 0 Å². The van der Waals surface area contributed by atoms with Gasteiger partial charge in [0.15, 0.2) is 11.8 Å². The number of anilines is 3. The Morgan fingerprint density at radius 3 is 2.74 bits per heavy atom. The van der Waals surface area contributed by atoms with Gasteiger partial charge in [0.2, 0.25) is 0 Å². The highest BCUT2D eigenvalue weighted by Crippen LogP contribution is 2.42. The zero-order chi connectivity index (χ0) is 21.4. The molecular weight excluding hydrogens is 405 g/mol. The van der Waals surface area contributed by atoms with Gasteiger partial charge in [-0.25, -0.2) is 18.2 Å². The number of piperidine rings is 1. The van der Waals surface area contributed by atoms with Crippen molar-refractivity contribution >= 4 is 23.0 Å². The first-order chi connectivity index (χ1) is 15.1. The molecule has 1 aromatic carbocycles. The quantitative estimate of drug-likeness (QED) is 0.503. The van der Waals surface area contributed by atoms with Crippen LogP contribution < -0.4 is 16.0 Å². The van der Waals surface area contributed by atoms with Crippen LogP contribution in [0, 0.1) is 0 Å². The molecule has 3 N–H and O–H groups in total. The van der Waals surface area contributed by atoms with Gasteiger partial charge in [0.05, 0.1) is 6.20 Å². The lowest BCUT2D eigenvalue weighted by Crippen LogP contribution is -2.38. The summed E-state index contributed by atoms with van der Waals surface area (Å²) in [6, 6.07) is 8.20. The molecule has 5 rings (SSSR count). The van der Waals surface area contributed by atoms with Crippen molar-refractivity contribution in [2.24, 2.45) is 0 Å². The van der Waals surface area contributed by atoms with Gasteiger partial charge < -0.3 is 16.0 Å². The number of nitrogens with one attached hydrogen (secondary N) is 3. The fourth-order valence-electron chi connectivity index (χ4n) is 4.09. The second-order valence-electron chi connectivity index (χ2n) is 8.31. The molecule has 2 atom stereocenters. The van der Waals surface area contributed by atoms with Crippen molar-refractivity contribution in [3.8, 4) is 0 Å². The third-order valence-electron chi connectivity index (χ3n) is 5.86. The van der Waals surface area contributed by atoms with Crippen molar-refractivity contribution < 1.29 is 13.2 Å². The van der Waals surface area contributed by atoms with Gasteiger partial charge in [-0.05, 0) is 55.8 Å². The standard InChI is InChI=1S/C22H25F3N6/c23-20(21(24)25)14-3-1-4-15(9-14)29-19-10-18(28-16-5-2-8-26-11-16)30-22-17(13-6-7-13)12-27-31(19)22/h1,3-4,9-10,12-13,16,20-21,26,29H,2,5-8,11H2,(H,28,30). The van der Waals surface area contributed by atoms with E-state index >= 15 is 0 Å². The van der Waals surface area contributed by atoms with Crippen LogP contribution in [0.1, 0.15) is 48.9 Å². The first-order valence-electron chi connectivity index (χ1n) is 10.7. The molecule has 1 saturated carbocycles. The van der Waals surface area contributed by atoms with E-state index in [4.69, 9.17) is 4.98 Å². The monoisotopic (exact) mass is 430 g/mol. The van der Waals surface area contributed by atoms with Gasteiger partial charge in [0, 0.05) is 29.9 Å². The summed E-state index contributed by atoms with van der Waals surface area (Å²) in [6.45, 7) is 1.90. The van der Waals surface area contributed by atoms with E-state index in [2.05, 4.69) is 21.0 Å². The summed E-state index contributed by atoms with van der Waals surface area (Å²) in [6.07, 6.45) is 0.892. The summed E-state index contributed by atoms with van der Waals surface area (Å²) in [4.78, 5) is 4.82. The van der Waals surface area contributed by atoms with Crippen molar-refractivity contribution in [1.29, 1.82) is 0 Å². The topological polar surface area (TPSA) is 66.3 Å². The summed E-state index contributed by atoms with van der Waals surface area (Å²) in [5.41, 5.74) is 2.35. The number of benzene rings is 1. The van der Waals surface area contributed by atoms with Crippen LogP contribution in [0.5, 0.6) is 0 Å². The number of hydrogen-bond acceptors (Lipinski definition) is 5. The second-order valence-corrected chi connectivity index (χ2v) is 8.31. The fourth-order valence-corrected chi connectivity index (χ4v) is 4.09. The third-order valence-corrected chi connectivity index (χ3v) is 5.86. The van der Waals surface area contributed by atoms with E-state index in [0.29, 0.717) is 17.4 Å². The molecule has 2 aliphatic rings. The maximum atomic E-state index is 13.8. The van der Waals surface area contributed by atoms with Gasteiger partial charge in [-0.15, -0.1) is 0 Å². The Morgan fingerprint density at radius 1 is 1.13 bits per heavy atom. The van der Waals surface area contributed by atoms with Crippen molar-refractivity contribution in [2.45, 2.75) is 50.2 Å². The second kappa shape index (κ2) is 8.37. The van der Waals surface area contributed by atoms with Crippen molar-refractivity contribution in [3.63, 3.8) is 0 Å². The Morgan fingerprint density at radius 2 is 2.00 bits per heavy atom. The SMILES string of the molecule is FC(F)C(F)c1cccc(Nc2cc(NC3CCCNC3)nc3c(C4CC4)cnn23)c1. The highest BCUT2D eigenvalue weighted by molar-refractivity contribution is 5.66. The number of alkyl halides is 3. The zero-order valence-electron chi connectivity index (χ0n) is 17.0. The summed E-state index contributed by atoms with van der Waals surface area (Å²) in [5, 5.41) is 14.6. The van der Waals surface area contributed by atoms with Crippen molar-refractivity contribution in [3.05, 3.63) is 47.7 Å². The molecule has 2 fully saturated rings. The lowest BCUT2D eigenvalue weighted by atomic mass is 10.1. The van der Waals surface area contributed by atoms with Crippen LogP contribution in [-0.2, 0) is 0 Å². The highest BCUT2D eigenvalue weighted by Gasteiger charge is 2.28. The minimum Gasteiger partial charge on any atom is -0.366 e. The van der Waals surface area contributed by atoms with E-state index in [9.17, 15) is 13.2 Å². The molecule has 2 unspecified atom stereocenters. The molecule has 164 valence electrons. The Hall–Kier alpha value is -2.81. The van der Waals surface area contributed by atoms with Crippen LogP contribution in [-0.4, -0.2) is 40.2 Å². The molecule has 0 bridgehead atoms.